The molecule has 92 valence electrons. The lowest BCUT2D eigenvalue weighted by molar-refractivity contribution is -0.137. The third-order valence-electron chi connectivity index (χ3n) is 2.23. The molecule has 1 aliphatic rings. The van der Waals surface area contributed by atoms with E-state index < -0.39 is 23.2 Å². The van der Waals surface area contributed by atoms with Gasteiger partial charge in [-0.3, -0.25) is 0 Å². The van der Waals surface area contributed by atoms with Gasteiger partial charge in [-0.1, -0.05) is 6.07 Å². The highest BCUT2D eigenvalue weighted by Crippen LogP contribution is 2.37. The lowest BCUT2D eigenvalue weighted by Crippen LogP contribution is -2.23. The van der Waals surface area contributed by atoms with Crippen molar-refractivity contribution in [2.75, 3.05) is 13.1 Å². The predicted octanol–water partition coefficient (Wildman–Crippen LogP) is 2.02. The normalized spacial score (nSPS) is 15.4. The fourth-order valence-electron chi connectivity index (χ4n) is 1.47. The molecule has 1 saturated heterocycles. The Balaban J connectivity index is 2.47. The Morgan fingerprint density at radius 3 is 2.35 bits per heavy atom. The molecule has 0 atom stereocenters. The van der Waals surface area contributed by atoms with Crippen molar-refractivity contribution in [2.45, 2.75) is 6.18 Å². The number of rotatable bonds is 1. The van der Waals surface area contributed by atoms with E-state index in [9.17, 15) is 17.6 Å². The zero-order valence-electron chi connectivity index (χ0n) is 8.61. The number of alkyl halides is 3. The third kappa shape index (κ3) is 2.48. The van der Waals surface area contributed by atoms with E-state index in [2.05, 4.69) is 15.6 Å². The molecule has 3 nitrogen and oxygen atoms in total. The summed E-state index contributed by atoms with van der Waals surface area (Å²) in [6, 6.07) is 2.76. The number of hydrogen-bond acceptors (Lipinski definition) is 1. The molecule has 7 heteroatoms. The Hall–Kier alpha value is -1.79. The van der Waals surface area contributed by atoms with Crippen LogP contribution in [-0.4, -0.2) is 19.0 Å². The highest BCUT2D eigenvalue weighted by Gasteiger charge is 2.35. The summed E-state index contributed by atoms with van der Waals surface area (Å²) in [5, 5.41) is 5.43. The van der Waals surface area contributed by atoms with Gasteiger partial charge >= 0.3 is 6.18 Å². The Kier molecular flexibility index (Phi) is 2.91. The summed E-state index contributed by atoms with van der Waals surface area (Å²) in [5.74, 6) is -0.844. The van der Waals surface area contributed by atoms with Crippen LogP contribution in [-0.2, 0) is 6.18 Å². The molecule has 0 spiro atoms. The molecule has 1 aromatic rings. The molecule has 0 amide bonds. The van der Waals surface area contributed by atoms with Gasteiger partial charge in [-0.25, -0.2) is 9.38 Å². The molecule has 1 aliphatic heterocycles. The second kappa shape index (κ2) is 4.23. The number of halogens is 4. The molecule has 2 N–H and O–H groups in total. The molecule has 0 radical (unpaired) electrons. The maximum absolute atomic E-state index is 13.4. The maximum Gasteiger partial charge on any atom is 0.418 e. The summed E-state index contributed by atoms with van der Waals surface area (Å²) in [6.07, 6.45) is -4.62. The first-order valence-corrected chi connectivity index (χ1v) is 4.90. The number of nitrogens with one attached hydrogen (secondary N) is 2. The van der Waals surface area contributed by atoms with Gasteiger partial charge in [0.15, 0.2) is 5.96 Å². The van der Waals surface area contributed by atoms with E-state index in [1.807, 2.05) is 0 Å². The molecule has 0 aromatic heterocycles. The smallest absolute Gasteiger partial charge is 0.354 e. The first kappa shape index (κ1) is 11.7. The van der Waals surface area contributed by atoms with Gasteiger partial charge in [-0.15, -0.1) is 0 Å². The van der Waals surface area contributed by atoms with Gasteiger partial charge in [0.05, 0.1) is 5.56 Å². The summed E-state index contributed by atoms with van der Waals surface area (Å²) in [6.45, 7) is 1.10. The summed E-state index contributed by atoms with van der Waals surface area (Å²) in [5.41, 5.74) is -1.78. The minimum atomic E-state index is -4.62. The fraction of sp³-hybridized carbons (Fsp3) is 0.300. The molecule has 0 saturated carbocycles. The van der Waals surface area contributed by atoms with Crippen molar-refractivity contribution in [3.63, 3.8) is 0 Å². The van der Waals surface area contributed by atoms with Crippen molar-refractivity contribution >= 4 is 11.6 Å². The molecule has 0 unspecified atom stereocenters. The van der Waals surface area contributed by atoms with Crippen molar-refractivity contribution in [3.05, 3.63) is 29.6 Å². The molecular formula is C10H9F4N3. The molecule has 1 fully saturated rings. The molecule has 17 heavy (non-hydrogen) atoms. The Bertz CT molecular complexity index is 445. The van der Waals surface area contributed by atoms with Crippen LogP contribution in [0.15, 0.2) is 23.2 Å². The second-order valence-electron chi connectivity index (χ2n) is 3.45. The van der Waals surface area contributed by atoms with Gasteiger partial charge in [0, 0.05) is 13.1 Å². The van der Waals surface area contributed by atoms with Crippen LogP contribution < -0.4 is 10.6 Å². The summed E-state index contributed by atoms with van der Waals surface area (Å²) in [7, 11) is 0. The van der Waals surface area contributed by atoms with E-state index in [-0.39, 0.29) is 5.96 Å². The third-order valence-corrected chi connectivity index (χ3v) is 2.23. The van der Waals surface area contributed by atoms with Crippen LogP contribution in [0.4, 0.5) is 23.2 Å². The van der Waals surface area contributed by atoms with Crippen LogP contribution in [0.25, 0.3) is 0 Å². The van der Waals surface area contributed by atoms with Crippen molar-refractivity contribution in [3.8, 4) is 0 Å². The van der Waals surface area contributed by atoms with Crippen LogP contribution in [0.5, 0.6) is 0 Å². The largest absolute Gasteiger partial charge is 0.418 e. The van der Waals surface area contributed by atoms with Gasteiger partial charge < -0.3 is 10.6 Å². The zero-order valence-corrected chi connectivity index (χ0v) is 8.61. The molecule has 0 bridgehead atoms. The van der Waals surface area contributed by atoms with Gasteiger partial charge in [0.25, 0.3) is 0 Å². The number of hydrogen-bond donors (Lipinski definition) is 2. The van der Waals surface area contributed by atoms with E-state index in [0.29, 0.717) is 13.1 Å². The first-order valence-electron chi connectivity index (χ1n) is 4.90. The van der Waals surface area contributed by atoms with Gasteiger partial charge in [-0.05, 0) is 12.1 Å². The minimum absolute atomic E-state index is 0.153. The van der Waals surface area contributed by atoms with E-state index in [4.69, 9.17) is 0 Å². The Labute approximate surface area is 94.5 Å². The van der Waals surface area contributed by atoms with Crippen LogP contribution in [0.2, 0.25) is 0 Å². The maximum atomic E-state index is 13.4. The quantitative estimate of drug-likeness (QED) is 0.745. The van der Waals surface area contributed by atoms with E-state index in [1.54, 1.807) is 0 Å². The lowest BCUT2D eigenvalue weighted by Gasteiger charge is -2.10. The minimum Gasteiger partial charge on any atom is -0.354 e. The summed E-state index contributed by atoms with van der Waals surface area (Å²) >= 11 is 0. The molecule has 2 rings (SSSR count). The number of guanidine groups is 1. The average molecular weight is 247 g/mol. The SMILES string of the molecule is Fc1cccc(C(F)(F)F)c1N=C1NCCN1. The Morgan fingerprint density at radius 2 is 1.76 bits per heavy atom. The van der Waals surface area contributed by atoms with E-state index in [0.717, 1.165) is 18.2 Å². The molecule has 0 aliphatic carbocycles. The monoisotopic (exact) mass is 247 g/mol. The zero-order chi connectivity index (χ0) is 12.5. The number of para-hydroxylation sites is 1. The summed E-state index contributed by atoms with van der Waals surface area (Å²) < 4.78 is 51.2. The van der Waals surface area contributed by atoms with Crippen LogP contribution in [0.1, 0.15) is 5.56 Å². The molecule has 1 aromatic carbocycles. The standard InChI is InChI=1S/C10H9F4N3/c11-7-3-1-2-6(10(12,13)14)8(7)17-9-15-4-5-16-9/h1-3H,4-5H2,(H2,15,16,17). The van der Waals surface area contributed by atoms with Crippen molar-refractivity contribution < 1.29 is 17.6 Å². The van der Waals surface area contributed by atoms with Crippen LogP contribution in [0, 0.1) is 5.82 Å². The molecule has 1 heterocycles. The summed E-state index contributed by atoms with van der Waals surface area (Å²) in [4.78, 5) is 3.62. The number of benzene rings is 1. The van der Waals surface area contributed by atoms with Gasteiger partial charge in [-0.2, -0.15) is 13.2 Å². The highest BCUT2D eigenvalue weighted by molar-refractivity contribution is 5.84. The number of aliphatic imine (C=N–C) groups is 1. The lowest BCUT2D eigenvalue weighted by atomic mass is 10.1. The fourth-order valence-corrected chi connectivity index (χ4v) is 1.47. The van der Waals surface area contributed by atoms with Gasteiger partial charge in [0.2, 0.25) is 0 Å². The second-order valence-corrected chi connectivity index (χ2v) is 3.45. The van der Waals surface area contributed by atoms with E-state index in [1.165, 1.54) is 0 Å². The van der Waals surface area contributed by atoms with Crippen LogP contribution in [0.3, 0.4) is 0 Å². The predicted molar refractivity (Wildman–Crippen MR) is 54.5 cm³/mol. The van der Waals surface area contributed by atoms with E-state index >= 15 is 0 Å². The molecular weight excluding hydrogens is 238 g/mol. The van der Waals surface area contributed by atoms with Crippen molar-refractivity contribution in [2.24, 2.45) is 4.99 Å². The average Bonchev–Trinajstić information content (AvgIpc) is 2.72. The van der Waals surface area contributed by atoms with Gasteiger partial charge in [0.1, 0.15) is 11.5 Å². The van der Waals surface area contributed by atoms with Crippen LogP contribution >= 0.6 is 0 Å². The number of nitrogens with zero attached hydrogens (tertiary/aromatic N) is 1. The van der Waals surface area contributed by atoms with Crippen molar-refractivity contribution in [1.29, 1.82) is 0 Å². The topological polar surface area (TPSA) is 36.4 Å². The highest BCUT2D eigenvalue weighted by atomic mass is 19.4. The first-order chi connectivity index (χ1) is 7.98. The Morgan fingerprint density at radius 1 is 1.12 bits per heavy atom. The van der Waals surface area contributed by atoms with Crippen molar-refractivity contribution in [1.82, 2.24) is 10.6 Å².